The maximum atomic E-state index is 12.3. The SMILES string of the molecule is O=C(/C=C/c1ccc(O)cc1)c1ccc(NS(=O)(=O)c2ccccc2)cc1. The Morgan fingerprint density at radius 3 is 2.11 bits per heavy atom. The Labute approximate surface area is 157 Å². The van der Waals surface area contributed by atoms with Crippen molar-refractivity contribution in [3.8, 4) is 5.75 Å². The van der Waals surface area contributed by atoms with Crippen LogP contribution in [0.3, 0.4) is 0 Å². The summed E-state index contributed by atoms with van der Waals surface area (Å²) in [6.45, 7) is 0. The predicted molar refractivity (Wildman–Crippen MR) is 105 cm³/mol. The largest absolute Gasteiger partial charge is 0.508 e. The fraction of sp³-hybridized carbons (Fsp3) is 0. The van der Waals surface area contributed by atoms with Crippen LogP contribution in [0.1, 0.15) is 15.9 Å². The van der Waals surface area contributed by atoms with Gasteiger partial charge in [-0.2, -0.15) is 0 Å². The normalized spacial score (nSPS) is 11.4. The highest BCUT2D eigenvalue weighted by molar-refractivity contribution is 7.92. The van der Waals surface area contributed by atoms with Crippen molar-refractivity contribution in [1.82, 2.24) is 0 Å². The van der Waals surface area contributed by atoms with E-state index in [2.05, 4.69) is 4.72 Å². The summed E-state index contributed by atoms with van der Waals surface area (Å²) in [6.07, 6.45) is 3.07. The standard InChI is InChI=1S/C21H17NO4S/c23-19-13-6-16(7-14-19)8-15-21(24)17-9-11-18(12-10-17)22-27(25,26)20-4-2-1-3-5-20/h1-15,22-23H/b15-8+. The number of phenolic OH excluding ortho intramolecular Hbond substituents is 1. The molecular formula is C21H17NO4S. The quantitative estimate of drug-likeness (QED) is 0.499. The molecule has 2 N–H and O–H groups in total. The molecule has 27 heavy (non-hydrogen) atoms. The monoisotopic (exact) mass is 379 g/mol. The molecule has 0 unspecified atom stereocenters. The highest BCUT2D eigenvalue weighted by Gasteiger charge is 2.13. The number of sulfonamides is 1. The molecule has 0 heterocycles. The zero-order chi connectivity index (χ0) is 19.3. The van der Waals surface area contributed by atoms with Gasteiger partial charge < -0.3 is 5.11 Å². The van der Waals surface area contributed by atoms with Gasteiger partial charge in [-0.15, -0.1) is 0 Å². The van der Waals surface area contributed by atoms with E-state index in [1.165, 1.54) is 30.3 Å². The fourth-order valence-corrected chi connectivity index (χ4v) is 3.45. The first-order valence-electron chi connectivity index (χ1n) is 8.13. The van der Waals surface area contributed by atoms with Crippen LogP contribution in [0.5, 0.6) is 5.75 Å². The first-order valence-corrected chi connectivity index (χ1v) is 9.62. The van der Waals surface area contributed by atoms with E-state index >= 15 is 0 Å². The number of carbonyl (C=O) groups is 1. The van der Waals surface area contributed by atoms with E-state index in [-0.39, 0.29) is 16.4 Å². The average Bonchev–Trinajstić information content (AvgIpc) is 2.68. The lowest BCUT2D eigenvalue weighted by Gasteiger charge is -2.08. The van der Waals surface area contributed by atoms with Crippen LogP contribution in [0.2, 0.25) is 0 Å². The average molecular weight is 379 g/mol. The summed E-state index contributed by atoms with van der Waals surface area (Å²) in [6, 6.07) is 20.7. The minimum atomic E-state index is -3.67. The number of anilines is 1. The molecule has 136 valence electrons. The molecule has 3 aromatic rings. The molecule has 0 aliphatic heterocycles. The van der Waals surface area contributed by atoms with Crippen LogP contribution >= 0.6 is 0 Å². The van der Waals surface area contributed by atoms with Gasteiger partial charge in [-0.1, -0.05) is 36.4 Å². The van der Waals surface area contributed by atoms with Crippen LogP contribution < -0.4 is 4.72 Å². The van der Waals surface area contributed by atoms with Crippen molar-refractivity contribution in [1.29, 1.82) is 0 Å². The second-order valence-electron chi connectivity index (χ2n) is 5.79. The Hall–Kier alpha value is -3.38. The molecule has 0 bridgehead atoms. The van der Waals surface area contributed by atoms with Gasteiger partial charge in [0.05, 0.1) is 4.90 Å². The minimum Gasteiger partial charge on any atom is -0.508 e. The Bertz CT molecular complexity index is 1060. The van der Waals surface area contributed by atoms with E-state index in [1.807, 2.05) is 0 Å². The third kappa shape index (κ3) is 4.83. The smallest absolute Gasteiger partial charge is 0.261 e. The molecule has 0 fully saturated rings. The van der Waals surface area contributed by atoms with Crippen molar-refractivity contribution < 1.29 is 18.3 Å². The first kappa shape index (κ1) is 18.4. The van der Waals surface area contributed by atoms with Gasteiger partial charge in [0, 0.05) is 11.3 Å². The van der Waals surface area contributed by atoms with Crippen molar-refractivity contribution in [3.63, 3.8) is 0 Å². The molecule has 0 radical (unpaired) electrons. The Morgan fingerprint density at radius 2 is 1.48 bits per heavy atom. The van der Waals surface area contributed by atoms with Gasteiger partial charge in [0.15, 0.2) is 5.78 Å². The van der Waals surface area contributed by atoms with E-state index in [4.69, 9.17) is 0 Å². The number of rotatable bonds is 6. The lowest BCUT2D eigenvalue weighted by molar-refractivity contribution is 0.104. The highest BCUT2D eigenvalue weighted by atomic mass is 32.2. The van der Waals surface area contributed by atoms with Crippen LogP contribution in [-0.2, 0) is 10.0 Å². The molecule has 0 amide bonds. The molecule has 0 atom stereocenters. The number of aromatic hydroxyl groups is 1. The number of ketones is 1. The third-order valence-corrected chi connectivity index (χ3v) is 5.19. The number of phenols is 1. The van der Waals surface area contributed by atoms with Gasteiger partial charge in [-0.3, -0.25) is 9.52 Å². The van der Waals surface area contributed by atoms with Crippen LogP contribution in [0.15, 0.2) is 89.8 Å². The van der Waals surface area contributed by atoms with E-state index in [0.29, 0.717) is 11.3 Å². The van der Waals surface area contributed by atoms with Crippen molar-refractivity contribution in [2.24, 2.45) is 0 Å². The molecular weight excluding hydrogens is 362 g/mol. The topological polar surface area (TPSA) is 83.5 Å². The van der Waals surface area contributed by atoms with Crippen molar-refractivity contribution in [3.05, 3.63) is 96.1 Å². The summed E-state index contributed by atoms with van der Waals surface area (Å²) in [5.41, 5.74) is 1.60. The van der Waals surface area contributed by atoms with E-state index in [1.54, 1.807) is 60.7 Å². The van der Waals surface area contributed by atoms with Crippen LogP contribution in [0.25, 0.3) is 6.08 Å². The summed E-state index contributed by atoms with van der Waals surface area (Å²) < 4.78 is 27.1. The molecule has 0 spiro atoms. The van der Waals surface area contributed by atoms with Crippen LogP contribution in [0.4, 0.5) is 5.69 Å². The Balaban J connectivity index is 1.69. The van der Waals surface area contributed by atoms with Crippen molar-refractivity contribution >= 4 is 27.6 Å². The minimum absolute atomic E-state index is 0.159. The summed E-state index contributed by atoms with van der Waals surface area (Å²) in [4.78, 5) is 12.4. The van der Waals surface area contributed by atoms with E-state index in [0.717, 1.165) is 5.56 Å². The zero-order valence-electron chi connectivity index (χ0n) is 14.2. The molecule has 6 heteroatoms. The number of hydrogen-bond acceptors (Lipinski definition) is 4. The number of nitrogens with one attached hydrogen (secondary N) is 1. The lowest BCUT2D eigenvalue weighted by Crippen LogP contribution is -2.12. The van der Waals surface area contributed by atoms with Gasteiger partial charge in [0.2, 0.25) is 0 Å². The third-order valence-electron chi connectivity index (χ3n) is 3.80. The molecule has 0 aliphatic rings. The molecule has 3 rings (SSSR count). The second kappa shape index (κ2) is 7.88. The second-order valence-corrected chi connectivity index (χ2v) is 7.47. The van der Waals surface area contributed by atoms with Gasteiger partial charge in [-0.05, 0) is 60.2 Å². The summed E-state index contributed by atoms with van der Waals surface area (Å²) in [5.74, 6) is -0.0486. The molecule has 0 saturated heterocycles. The van der Waals surface area contributed by atoms with Gasteiger partial charge in [-0.25, -0.2) is 8.42 Å². The first-order chi connectivity index (χ1) is 12.9. The number of hydrogen-bond donors (Lipinski definition) is 2. The number of allylic oxidation sites excluding steroid dienone is 1. The summed E-state index contributed by atoms with van der Waals surface area (Å²) >= 11 is 0. The van der Waals surface area contributed by atoms with Crippen molar-refractivity contribution in [2.45, 2.75) is 4.90 Å². The molecule has 3 aromatic carbocycles. The molecule has 0 saturated carbocycles. The van der Waals surface area contributed by atoms with Crippen LogP contribution in [0, 0.1) is 0 Å². The van der Waals surface area contributed by atoms with E-state index in [9.17, 15) is 18.3 Å². The summed E-state index contributed by atoms with van der Waals surface area (Å²) in [5, 5.41) is 9.25. The van der Waals surface area contributed by atoms with Crippen LogP contribution in [-0.4, -0.2) is 19.3 Å². The number of benzene rings is 3. The zero-order valence-corrected chi connectivity index (χ0v) is 15.1. The molecule has 0 aromatic heterocycles. The fourth-order valence-electron chi connectivity index (χ4n) is 2.37. The van der Waals surface area contributed by atoms with E-state index < -0.39 is 10.0 Å². The highest BCUT2D eigenvalue weighted by Crippen LogP contribution is 2.17. The predicted octanol–water partition coefficient (Wildman–Crippen LogP) is 4.09. The molecule has 0 aliphatic carbocycles. The maximum absolute atomic E-state index is 12.3. The Morgan fingerprint density at radius 1 is 0.852 bits per heavy atom. The van der Waals surface area contributed by atoms with Gasteiger partial charge >= 0.3 is 0 Å². The number of carbonyl (C=O) groups excluding carboxylic acids is 1. The van der Waals surface area contributed by atoms with Crippen molar-refractivity contribution in [2.75, 3.05) is 4.72 Å². The summed E-state index contributed by atoms with van der Waals surface area (Å²) in [7, 11) is -3.67. The maximum Gasteiger partial charge on any atom is 0.261 e. The Kier molecular flexibility index (Phi) is 5.38. The lowest BCUT2D eigenvalue weighted by atomic mass is 10.1. The van der Waals surface area contributed by atoms with Gasteiger partial charge in [0.25, 0.3) is 10.0 Å². The molecule has 5 nitrogen and oxygen atoms in total. The van der Waals surface area contributed by atoms with Gasteiger partial charge in [0.1, 0.15) is 5.75 Å².